The van der Waals surface area contributed by atoms with Gasteiger partial charge in [0.1, 0.15) is 5.75 Å². The number of amides is 2. The predicted octanol–water partition coefficient (Wildman–Crippen LogP) is 3.23. The Labute approximate surface area is 126 Å². The molecule has 8 heteroatoms. The molecule has 1 aliphatic rings. The number of carbonyl (C=O) groups excluding carboxylic acids is 1. The van der Waals surface area contributed by atoms with Crippen molar-refractivity contribution in [2.75, 3.05) is 18.4 Å². The second-order valence-electron chi connectivity index (χ2n) is 5.17. The van der Waals surface area contributed by atoms with Crippen molar-refractivity contribution < 1.29 is 27.4 Å². The number of carbonyl (C=O) groups is 1. The van der Waals surface area contributed by atoms with Gasteiger partial charge in [0.15, 0.2) is 0 Å². The molecule has 122 valence electrons. The van der Waals surface area contributed by atoms with E-state index in [-0.39, 0.29) is 29.7 Å². The first-order valence-electron chi connectivity index (χ1n) is 6.80. The summed E-state index contributed by atoms with van der Waals surface area (Å²) in [6.07, 6.45) is -4.94. The molecular formula is C14H17F3N2O3. The molecular weight excluding hydrogens is 301 g/mol. The molecule has 5 nitrogen and oxygen atoms in total. The van der Waals surface area contributed by atoms with Gasteiger partial charge in [-0.2, -0.15) is 0 Å². The molecule has 22 heavy (non-hydrogen) atoms. The maximum Gasteiger partial charge on any atom is 0.573 e. The number of anilines is 1. The number of morpholine rings is 1. The van der Waals surface area contributed by atoms with E-state index in [4.69, 9.17) is 4.74 Å². The average Bonchev–Trinajstić information content (AvgIpc) is 2.35. The molecule has 0 spiro atoms. The molecule has 1 N–H and O–H groups in total. The second kappa shape index (κ2) is 6.43. The van der Waals surface area contributed by atoms with Crippen LogP contribution in [0.3, 0.4) is 0 Å². The van der Waals surface area contributed by atoms with E-state index >= 15 is 0 Å². The fraction of sp³-hybridized carbons (Fsp3) is 0.500. The van der Waals surface area contributed by atoms with E-state index < -0.39 is 6.36 Å². The third-order valence-electron chi connectivity index (χ3n) is 3.03. The summed E-state index contributed by atoms with van der Waals surface area (Å²) in [7, 11) is 0. The van der Waals surface area contributed by atoms with Crippen molar-refractivity contribution in [1.29, 1.82) is 0 Å². The highest BCUT2D eigenvalue weighted by Crippen LogP contribution is 2.25. The van der Waals surface area contributed by atoms with Crippen LogP contribution in [0.25, 0.3) is 0 Å². The van der Waals surface area contributed by atoms with Crippen LogP contribution >= 0.6 is 0 Å². The number of urea groups is 1. The first-order valence-corrected chi connectivity index (χ1v) is 6.80. The molecule has 0 radical (unpaired) electrons. The van der Waals surface area contributed by atoms with E-state index in [9.17, 15) is 18.0 Å². The molecule has 1 aromatic carbocycles. The Morgan fingerprint density at radius 2 is 1.95 bits per heavy atom. The van der Waals surface area contributed by atoms with Crippen molar-refractivity contribution in [3.05, 3.63) is 24.3 Å². The number of rotatable bonds is 2. The highest BCUT2D eigenvalue weighted by Gasteiger charge is 2.31. The summed E-state index contributed by atoms with van der Waals surface area (Å²) < 4.78 is 45.9. The summed E-state index contributed by atoms with van der Waals surface area (Å²) in [6, 6.07) is 4.78. The SMILES string of the molecule is CC1CN(C(=O)Nc2cccc(OC(F)(F)F)c2)CC(C)O1. The van der Waals surface area contributed by atoms with Gasteiger partial charge in [-0.1, -0.05) is 6.07 Å². The van der Waals surface area contributed by atoms with Crippen molar-refractivity contribution >= 4 is 11.7 Å². The molecule has 0 bridgehead atoms. The van der Waals surface area contributed by atoms with Gasteiger partial charge in [0.2, 0.25) is 0 Å². The Balaban J connectivity index is 2.01. The fourth-order valence-electron chi connectivity index (χ4n) is 2.32. The van der Waals surface area contributed by atoms with E-state index in [2.05, 4.69) is 10.1 Å². The normalized spacial score (nSPS) is 22.3. The molecule has 2 rings (SSSR count). The lowest BCUT2D eigenvalue weighted by Gasteiger charge is -2.35. The Morgan fingerprint density at radius 1 is 1.32 bits per heavy atom. The number of nitrogens with zero attached hydrogens (tertiary/aromatic N) is 1. The molecule has 1 saturated heterocycles. The van der Waals surface area contributed by atoms with Gasteiger partial charge < -0.3 is 19.7 Å². The van der Waals surface area contributed by atoms with Gasteiger partial charge in [-0.05, 0) is 26.0 Å². The number of halogens is 3. The molecule has 2 unspecified atom stereocenters. The summed E-state index contributed by atoms with van der Waals surface area (Å²) in [5.41, 5.74) is 0.235. The smallest absolute Gasteiger partial charge is 0.406 e. The van der Waals surface area contributed by atoms with Gasteiger partial charge in [0.25, 0.3) is 0 Å². The van der Waals surface area contributed by atoms with Crippen LogP contribution in [0, 0.1) is 0 Å². The topological polar surface area (TPSA) is 50.8 Å². The van der Waals surface area contributed by atoms with E-state index in [1.54, 1.807) is 4.90 Å². The van der Waals surface area contributed by atoms with Gasteiger partial charge >= 0.3 is 12.4 Å². The van der Waals surface area contributed by atoms with Crippen LogP contribution in [-0.4, -0.2) is 42.6 Å². The molecule has 1 heterocycles. The Kier molecular flexibility index (Phi) is 4.80. The third kappa shape index (κ3) is 4.80. The maximum atomic E-state index is 12.2. The summed E-state index contributed by atoms with van der Waals surface area (Å²) in [6.45, 7) is 4.56. The molecule has 0 aromatic heterocycles. The number of benzene rings is 1. The van der Waals surface area contributed by atoms with Crippen LogP contribution in [0.5, 0.6) is 5.75 Å². The fourth-order valence-corrected chi connectivity index (χ4v) is 2.32. The molecule has 1 fully saturated rings. The molecule has 0 aliphatic carbocycles. The van der Waals surface area contributed by atoms with E-state index in [1.807, 2.05) is 13.8 Å². The van der Waals surface area contributed by atoms with Gasteiger partial charge in [-0.3, -0.25) is 0 Å². The summed E-state index contributed by atoms with van der Waals surface area (Å²) >= 11 is 0. The lowest BCUT2D eigenvalue weighted by Crippen LogP contribution is -2.49. The summed E-state index contributed by atoms with van der Waals surface area (Å²) in [5, 5.41) is 2.56. The van der Waals surface area contributed by atoms with E-state index in [0.29, 0.717) is 13.1 Å². The zero-order valence-electron chi connectivity index (χ0n) is 12.2. The predicted molar refractivity (Wildman–Crippen MR) is 73.7 cm³/mol. The third-order valence-corrected chi connectivity index (χ3v) is 3.03. The first-order chi connectivity index (χ1) is 10.2. The van der Waals surface area contributed by atoms with Gasteiger partial charge in [0, 0.05) is 24.8 Å². The van der Waals surface area contributed by atoms with Gasteiger partial charge in [-0.25, -0.2) is 4.79 Å². The van der Waals surface area contributed by atoms with Crippen molar-refractivity contribution in [3.8, 4) is 5.75 Å². The van der Waals surface area contributed by atoms with Gasteiger partial charge in [0.05, 0.1) is 12.2 Å². The van der Waals surface area contributed by atoms with Crippen molar-refractivity contribution in [2.24, 2.45) is 0 Å². The highest BCUT2D eigenvalue weighted by molar-refractivity contribution is 5.89. The quantitative estimate of drug-likeness (QED) is 0.911. The maximum absolute atomic E-state index is 12.2. The van der Waals surface area contributed by atoms with Crippen molar-refractivity contribution in [1.82, 2.24) is 4.90 Å². The first kappa shape index (κ1) is 16.4. The zero-order valence-corrected chi connectivity index (χ0v) is 12.2. The molecule has 2 atom stereocenters. The van der Waals surface area contributed by atoms with Crippen LogP contribution in [0.15, 0.2) is 24.3 Å². The van der Waals surface area contributed by atoms with Crippen LogP contribution in [0.1, 0.15) is 13.8 Å². The lowest BCUT2D eigenvalue weighted by molar-refractivity contribution is -0.274. The lowest BCUT2D eigenvalue weighted by atomic mass is 10.2. The highest BCUT2D eigenvalue weighted by atomic mass is 19.4. The van der Waals surface area contributed by atoms with Crippen LogP contribution in [0.4, 0.5) is 23.7 Å². The number of hydrogen-bond acceptors (Lipinski definition) is 3. The Morgan fingerprint density at radius 3 is 2.55 bits per heavy atom. The minimum absolute atomic E-state index is 0.0885. The van der Waals surface area contributed by atoms with Crippen LogP contribution < -0.4 is 10.1 Å². The van der Waals surface area contributed by atoms with Gasteiger partial charge in [-0.15, -0.1) is 13.2 Å². The van der Waals surface area contributed by atoms with Crippen molar-refractivity contribution in [2.45, 2.75) is 32.4 Å². The van der Waals surface area contributed by atoms with E-state index in [0.717, 1.165) is 6.07 Å². The average molecular weight is 318 g/mol. The second-order valence-corrected chi connectivity index (χ2v) is 5.17. The Hall–Kier alpha value is -1.96. The monoisotopic (exact) mass is 318 g/mol. The number of hydrogen-bond donors (Lipinski definition) is 1. The van der Waals surface area contributed by atoms with Crippen LogP contribution in [0.2, 0.25) is 0 Å². The number of nitrogens with one attached hydrogen (secondary N) is 1. The largest absolute Gasteiger partial charge is 0.573 e. The standard InChI is InChI=1S/C14H17F3N2O3/c1-9-7-19(8-10(2)21-9)13(20)18-11-4-3-5-12(6-11)22-14(15,16)17/h3-6,9-10H,7-8H2,1-2H3,(H,18,20). The van der Waals surface area contributed by atoms with E-state index in [1.165, 1.54) is 18.2 Å². The summed E-state index contributed by atoms with van der Waals surface area (Å²) in [4.78, 5) is 13.7. The Bertz CT molecular complexity index is 526. The molecule has 1 aromatic rings. The molecule has 2 amide bonds. The molecule has 0 saturated carbocycles. The molecule has 1 aliphatic heterocycles. The van der Waals surface area contributed by atoms with Crippen molar-refractivity contribution in [3.63, 3.8) is 0 Å². The van der Waals surface area contributed by atoms with Crippen LogP contribution in [-0.2, 0) is 4.74 Å². The summed E-state index contributed by atoms with van der Waals surface area (Å²) in [5.74, 6) is -0.381. The number of alkyl halides is 3. The minimum Gasteiger partial charge on any atom is -0.406 e. The zero-order chi connectivity index (χ0) is 16.3. The number of ether oxygens (including phenoxy) is 2. The minimum atomic E-state index is -4.77.